The molecule has 3 aromatic carbocycles. The Morgan fingerprint density at radius 2 is 1.45 bits per heavy atom. The van der Waals surface area contributed by atoms with Crippen LogP contribution in [-0.2, 0) is 41.1 Å². The van der Waals surface area contributed by atoms with Gasteiger partial charge in [0.15, 0.2) is 9.84 Å². The fourth-order valence-corrected chi connectivity index (χ4v) is 7.55. The summed E-state index contributed by atoms with van der Waals surface area (Å²) in [6, 6.07) is 6.57. The van der Waals surface area contributed by atoms with E-state index in [0.717, 1.165) is 35.2 Å². The van der Waals surface area contributed by atoms with E-state index in [2.05, 4.69) is 10.1 Å². The van der Waals surface area contributed by atoms with E-state index in [4.69, 9.17) is 4.74 Å². The standard InChI is InChI=1S/C31H27F9N2O6S/c1-2-47-26(43)16-41-27(44)42-15-14-28(18-42,49(45,46)22-12-10-21(32)11-13-22)19-6-8-20(9-7-19)29(30(35,36)37,31(38,39)40)48-17-23-24(33)4-3-5-25(23)34/h3-13H,2,14-18H2,1H3,(H,41,44). The maximum atomic E-state index is 14.5. The summed E-state index contributed by atoms with van der Waals surface area (Å²) in [5.74, 6) is -4.54. The zero-order valence-corrected chi connectivity index (χ0v) is 26.1. The second kappa shape index (κ2) is 13.9. The quantitative estimate of drug-likeness (QED) is 0.150. The number of esters is 1. The summed E-state index contributed by atoms with van der Waals surface area (Å²) in [5.41, 5.74) is -8.28. The highest BCUT2D eigenvalue weighted by molar-refractivity contribution is 7.92. The number of alkyl halides is 6. The van der Waals surface area contributed by atoms with E-state index in [9.17, 15) is 57.5 Å². The van der Waals surface area contributed by atoms with Gasteiger partial charge in [-0.1, -0.05) is 30.3 Å². The number of benzene rings is 3. The molecule has 1 aliphatic rings. The molecule has 0 aliphatic carbocycles. The Kier molecular flexibility index (Phi) is 10.6. The minimum Gasteiger partial charge on any atom is -0.465 e. The van der Waals surface area contributed by atoms with Gasteiger partial charge >= 0.3 is 24.4 Å². The van der Waals surface area contributed by atoms with Crippen molar-refractivity contribution < 1.29 is 67.0 Å². The number of rotatable bonds is 10. The summed E-state index contributed by atoms with van der Waals surface area (Å²) >= 11 is 0. The second-order valence-corrected chi connectivity index (χ2v) is 13.1. The lowest BCUT2D eigenvalue weighted by Crippen LogP contribution is -2.56. The molecule has 266 valence electrons. The molecule has 0 bridgehead atoms. The van der Waals surface area contributed by atoms with Crippen LogP contribution in [0.2, 0.25) is 0 Å². The van der Waals surface area contributed by atoms with Crippen molar-refractivity contribution in [3.05, 3.63) is 101 Å². The third-order valence-electron chi connectivity index (χ3n) is 7.96. The van der Waals surface area contributed by atoms with Gasteiger partial charge in [-0.2, -0.15) is 26.3 Å². The zero-order chi connectivity index (χ0) is 36.4. The molecule has 0 saturated carbocycles. The van der Waals surface area contributed by atoms with Gasteiger partial charge in [-0.05, 0) is 55.3 Å². The van der Waals surface area contributed by atoms with Crippen molar-refractivity contribution in [1.82, 2.24) is 10.2 Å². The summed E-state index contributed by atoms with van der Waals surface area (Å²) in [6.45, 7) is -1.86. The number of amides is 2. The van der Waals surface area contributed by atoms with E-state index in [1.165, 1.54) is 6.92 Å². The molecule has 1 unspecified atom stereocenters. The first-order chi connectivity index (χ1) is 22.8. The molecule has 1 heterocycles. The van der Waals surface area contributed by atoms with Gasteiger partial charge in [0.2, 0.25) is 0 Å². The van der Waals surface area contributed by atoms with Crippen LogP contribution in [0.15, 0.2) is 71.6 Å². The van der Waals surface area contributed by atoms with Gasteiger partial charge in [0.25, 0.3) is 5.60 Å². The lowest BCUT2D eigenvalue weighted by atomic mass is 9.88. The minimum atomic E-state index is -6.26. The summed E-state index contributed by atoms with van der Waals surface area (Å²) in [4.78, 5) is 25.1. The zero-order valence-electron chi connectivity index (χ0n) is 25.3. The third-order valence-corrected chi connectivity index (χ3v) is 10.4. The van der Waals surface area contributed by atoms with Crippen LogP contribution in [0, 0.1) is 17.5 Å². The molecule has 1 aliphatic heterocycles. The lowest BCUT2D eigenvalue weighted by molar-refractivity contribution is -0.392. The molecule has 8 nitrogen and oxygen atoms in total. The summed E-state index contributed by atoms with van der Waals surface area (Å²) in [7, 11) is -4.68. The monoisotopic (exact) mass is 726 g/mol. The number of hydrogen-bond donors (Lipinski definition) is 1. The van der Waals surface area contributed by atoms with Crippen molar-refractivity contribution in [2.75, 3.05) is 26.2 Å². The molecule has 1 atom stereocenters. The normalized spacial score (nSPS) is 17.2. The molecule has 1 saturated heterocycles. The Morgan fingerprint density at radius 3 is 1.98 bits per heavy atom. The molecule has 4 rings (SSSR count). The van der Waals surface area contributed by atoms with Gasteiger partial charge in [0.1, 0.15) is 28.7 Å². The molecule has 0 spiro atoms. The lowest BCUT2D eigenvalue weighted by Gasteiger charge is -2.38. The highest BCUT2D eigenvalue weighted by atomic mass is 32.2. The number of nitrogens with zero attached hydrogens (tertiary/aromatic N) is 1. The van der Waals surface area contributed by atoms with Gasteiger partial charge in [-0.25, -0.2) is 26.4 Å². The SMILES string of the molecule is CCOC(=O)CNC(=O)N1CCC(c2ccc(C(OCc3c(F)cccc3F)(C(F)(F)F)C(F)(F)F)cc2)(S(=O)(=O)c2ccc(F)cc2)C1. The van der Waals surface area contributed by atoms with Gasteiger partial charge in [-0.15, -0.1) is 0 Å². The largest absolute Gasteiger partial charge is 0.465 e. The molecule has 0 aromatic heterocycles. The van der Waals surface area contributed by atoms with E-state index in [-0.39, 0.29) is 18.7 Å². The van der Waals surface area contributed by atoms with Crippen LogP contribution >= 0.6 is 0 Å². The van der Waals surface area contributed by atoms with Crippen molar-refractivity contribution in [2.24, 2.45) is 0 Å². The highest BCUT2D eigenvalue weighted by Crippen LogP contribution is 2.54. The predicted octanol–water partition coefficient (Wildman–Crippen LogP) is 6.29. The van der Waals surface area contributed by atoms with Crippen LogP contribution in [0.4, 0.5) is 44.3 Å². The number of halogens is 9. The fourth-order valence-electron chi connectivity index (χ4n) is 5.47. The van der Waals surface area contributed by atoms with E-state index < -0.39 is 104 Å². The van der Waals surface area contributed by atoms with Crippen molar-refractivity contribution in [3.63, 3.8) is 0 Å². The fraction of sp³-hybridized carbons (Fsp3) is 0.355. The average Bonchev–Trinajstić information content (AvgIpc) is 3.48. The summed E-state index contributed by atoms with van der Waals surface area (Å²) < 4.78 is 164. The summed E-state index contributed by atoms with van der Waals surface area (Å²) in [5, 5.41) is 2.24. The van der Waals surface area contributed by atoms with Crippen LogP contribution < -0.4 is 5.32 Å². The van der Waals surface area contributed by atoms with E-state index in [0.29, 0.717) is 36.4 Å². The van der Waals surface area contributed by atoms with Gasteiger partial charge < -0.3 is 19.7 Å². The van der Waals surface area contributed by atoms with Crippen molar-refractivity contribution in [2.45, 2.75) is 47.5 Å². The van der Waals surface area contributed by atoms with Crippen LogP contribution in [0.5, 0.6) is 0 Å². The van der Waals surface area contributed by atoms with Gasteiger partial charge in [0.05, 0.1) is 18.1 Å². The van der Waals surface area contributed by atoms with Crippen molar-refractivity contribution in [1.29, 1.82) is 0 Å². The molecular weight excluding hydrogens is 699 g/mol. The number of carbonyl (C=O) groups is 2. The number of hydrogen-bond acceptors (Lipinski definition) is 6. The molecule has 49 heavy (non-hydrogen) atoms. The maximum absolute atomic E-state index is 14.5. The Balaban J connectivity index is 1.80. The first kappa shape index (κ1) is 37.5. The van der Waals surface area contributed by atoms with Crippen molar-refractivity contribution in [3.8, 4) is 0 Å². The van der Waals surface area contributed by atoms with E-state index in [1.807, 2.05) is 0 Å². The summed E-state index contributed by atoms with van der Waals surface area (Å²) in [6.07, 6.45) is -12.9. The van der Waals surface area contributed by atoms with Crippen LogP contribution in [0.1, 0.15) is 30.0 Å². The Bertz CT molecular complexity index is 1750. The number of nitrogens with one attached hydrogen (secondary N) is 1. The second-order valence-electron chi connectivity index (χ2n) is 10.8. The maximum Gasteiger partial charge on any atom is 0.430 e. The predicted molar refractivity (Wildman–Crippen MR) is 153 cm³/mol. The van der Waals surface area contributed by atoms with E-state index >= 15 is 0 Å². The molecule has 0 radical (unpaired) electrons. The van der Waals surface area contributed by atoms with Crippen LogP contribution in [0.25, 0.3) is 0 Å². The molecule has 2 amide bonds. The Morgan fingerprint density at radius 1 is 0.878 bits per heavy atom. The van der Waals surface area contributed by atoms with E-state index in [1.54, 1.807) is 0 Å². The highest BCUT2D eigenvalue weighted by Gasteiger charge is 2.73. The molecule has 1 fully saturated rings. The average molecular weight is 727 g/mol. The van der Waals surface area contributed by atoms with Crippen LogP contribution in [0.3, 0.4) is 0 Å². The van der Waals surface area contributed by atoms with Gasteiger partial charge in [0, 0.05) is 24.2 Å². The van der Waals surface area contributed by atoms with Gasteiger partial charge in [-0.3, -0.25) is 4.79 Å². The minimum absolute atomic E-state index is 0.00245. The number of ether oxygens (including phenoxy) is 2. The third kappa shape index (κ3) is 7.06. The number of sulfone groups is 1. The molecule has 18 heteroatoms. The first-order valence-corrected chi connectivity index (χ1v) is 15.8. The molecule has 3 aromatic rings. The number of urea groups is 1. The molecule has 1 N–H and O–H groups in total. The number of likely N-dealkylation sites (tertiary alicyclic amines) is 1. The van der Waals surface area contributed by atoms with Crippen LogP contribution in [-0.4, -0.2) is 63.9 Å². The topological polar surface area (TPSA) is 102 Å². The Hall–Kier alpha value is -4.32. The number of carbonyl (C=O) groups excluding carboxylic acids is 2. The first-order valence-electron chi connectivity index (χ1n) is 14.3. The Labute approximate surface area is 273 Å². The van der Waals surface area contributed by atoms with Crippen molar-refractivity contribution >= 4 is 21.8 Å². The molecular formula is C31H27F9N2O6S. The smallest absolute Gasteiger partial charge is 0.430 e.